The van der Waals surface area contributed by atoms with Crippen molar-refractivity contribution in [1.82, 2.24) is 0 Å². The van der Waals surface area contributed by atoms with Crippen molar-refractivity contribution in [2.24, 2.45) is 5.92 Å². The molecule has 0 radical (unpaired) electrons. The maximum Gasteiger partial charge on any atom is 0.158 e. The van der Waals surface area contributed by atoms with Crippen LogP contribution in [0.4, 0.5) is 0 Å². The monoisotopic (exact) mass is 270 g/mol. The van der Waals surface area contributed by atoms with Crippen LogP contribution in [0.15, 0.2) is 17.4 Å². The molecule has 1 saturated carbocycles. The summed E-state index contributed by atoms with van der Waals surface area (Å²) >= 11 is 0. The molecule has 5 nitrogen and oxygen atoms in total. The fourth-order valence-electron chi connectivity index (χ4n) is 2.67. The van der Waals surface area contributed by atoms with Crippen molar-refractivity contribution in [2.45, 2.75) is 56.7 Å². The fraction of sp³-hybridized carbons (Fsp3) is 0.786. The Bertz CT molecular complexity index is 351. The van der Waals surface area contributed by atoms with Crippen LogP contribution in [0.5, 0.6) is 0 Å². The van der Waals surface area contributed by atoms with Crippen LogP contribution in [-0.2, 0) is 4.74 Å². The molecule has 0 aromatic heterocycles. The van der Waals surface area contributed by atoms with Gasteiger partial charge in [0.2, 0.25) is 0 Å². The molecule has 5 heteroatoms. The summed E-state index contributed by atoms with van der Waals surface area (Å²) < 4.78 is 5.44. The third-order valence-electron chi connectivity index (χ3n) is 3.95. The van der Waals surface area contributed by atoms with E-state index in [2.05, 4.69) is 5.73 Å². The predicted octanol–water partition coefficient (Wildman–Crippen LogP) is 0.0795. The maximum atomic E-state index is 10.1. The Morgan fingerprint density at radius 2 is 1.95 bits per heavy atom. The summed E-state index contributed by atoms with van der Waals surface area (Å²) in [5.74, 6) is -0.100. The highest BCUT2D eigenvalue weighted by molar-refractivity contribution is 5.05. The van der Waals surface area contributed by atoms with Crippen molar-refractivity contribution in [1.29, 1.82) is 0 Å². The van der Waals surface area contributed by atoms with E-state index in [1.54, 1.807) is 6.08 Å². The second-order valence-electron chi connectivity index (χ2n) is 5.35. The summed E-state index contributed by atoms with van der Waals surface area (Å²) in [6.45, 7) is -0.0137. The van der Waals surface area contributed by atoms with E-state index in [0.29, 0.717) is 32.1 Å². The molecule has 2 unspecified atom stereocenters. The van der Waals surface area contributed by atoms with Crippen LogP contribution in [0.1, 0.15) is 32.1 Å². The molecule has 1 fully saturated rings. The lowest BCUT2D eigenvalue weighted by atomic mass is 9.98. The highest BCUT2D eigenvalue weighted by atomic mass is 16.6. The molecule has 0 aliphatic heterocycles. The number of aliphatic hydroxyl groups is 4. The smallest absolute Gasteiger partial charge is 0.158 e. The zero-order valence-corrected chi connectivity index (χ0v) is 10.9. The van der Waals surface area contributed by atoms with Crippen LogP contribution in [-0.4, -0.2) is 51.6 Å². The lowest BCUT2D eigenvalue weighted by Gasteiger charge is -2.27. The first-order valence-electron chi connectivity index (χ1n) is 6.85. The number of ether oxygens (including phenoxy) is 1. The Kier molecular flexibility index (Phi) is 5.16. The SMILES string of the molecule is OCC1=C=CC[C@@H](C(O)OC2[C@H](O)CC[C@@H]2O)CC1. The van der Waals surface area contributed by atoms with E-state index in [1.165, 1.54) is 0 Å². The summed E-state index contributed by atoms with van der Waals surface area (Å²) in [4.78, 5) is 0. The zero-order chi connectivity index (χ0) is 13.8. The Morgan fingerprint density at radius 3 is 2.58 bits per heavy atom. The van der Waals surface area contributed by atoms with Crippen LogP contribution in [0.25, 0.3) is 0 Å². The van der Waals surface area contributed by atoms with Crippen LogP contribution >= 0.6 is 0 Å². The van der Waals surface area contributed by atoms with Gasteiger partial charge in [0.05, 0.1) is 18.8 Å². The van der Waals surface area contributed by atoms with Crippen LogP contribution in [0.3, 0.4) is 0 Å². The van der Waals surface area contributed by atoms with E-state index in [9.17, 15) is 15.3 Å². The van der Waals surface area contributed by atoms with Crippen molar-refractivity contribution in [3.8, 4) is 0 Å². The average molecular weight is 270 g/mol. The lowest BCUT2D eigenvalue weighted by molar-refractivity contribution is -0.201. The van der Waals surface area contributed by atoms with Gasteiger partial charge in [0, 0.05) is 5.92 Å². The van der Waals surface area contributed by atoms with Crippen LogP contribution < -0.4 is 0 Å². The molecule has 0 amide bonds. The van der Waals surface area contributed by atoms with E-state index in [-0.39, 0.29) is 12.5 Å². The second kappa shape index (κ2) is 6.66. The molecular formula is C14H22O5. The molecule has 19 heavy (non-hydrogen) atoms. The molecule has 2 aliphatic rings. The Labute approximate surface area is 112 Å². The predicted molar refractivity (Wildman–Crippen MR) is 68.2 cm³/mol. The topological polar surface area (TPSA) is 90.2 Å². The molecule has 0 spiro atoms. The van der Waals surface area contributed by atoms with Crippen LogP contribution in [0, 0.1) is 5.92 Å². The van der Waals surface area contributed by atoms with Crippen molar-refractivity contribution in [3.05, 3.63) is 17.4 Å². The first kappa shape index (κ1) is 14.7. The van der Waals surface area contributed by atoms with Gasteiger partial charge in [-0.2, -0.15) is 0 Å². The van der Waals surface area contributed by atoms with Gasteiger partial charge in [0.15, 0.2) is 6.29 Å². The van der Waals surface area contributed by atoms with E-state index in [0.717, 1.165) is 5.57 Å². The Balaban J connectivity index is 1.87. The molecule has 5 atom stereocenters. The minimum absolute atomic E-state index is 0.0137. The number of aliphatic hydroxyl groups excluding tert-OH is 4. The van der Waals surface area contributed by atoms with Crippen molar-refractivity contribution in [2.75, 3.05) is 6.61 Å². The second-order valence-corrected chi connectivity index (χ2v) is 5.35. The zero-order valence-electron chi connectivity index (χ0n) is 10.9. The minimum Gasteiger partial charge on any atom is -0.391 e. The van der Waals surface area contributed by atoms with Gasteiger partial charge < -0.3 is 25.2 Å². The highest BCUT2D eigenvalue weighted by Gasteiger charge is 2.37. The van der Waals surface area contributed by atoms with Gasteiger partial charge in [-0.25, -0.2) is 0 Å². The highest BCUT2D eigenvalue weighted by Crippen LogP contribution is 2.28. The van der Waals surface area contributed by atoms with Gasteiger partial charge in [-0.05, 0) is 43.8 Å². The summed E-state index contributed by atoms with van der Waals surface area (Å²) in [5.41, 5.74) is 3.83. The fourth-order valence-corrected chi connectivity index (χ4v) is 2.67. The molecular weight excluding hydrogens is 248 g/mol. The number of hydrogen-bond acceptors (Lipinski definition) is 5. The first-order valence-corrected chi connectivity index (χ1v) is 6.85. The first-order chi connectivity index (χ1) is 9.11. The van der Waals surface area contributed by atoms with Gasteiger partial charge in [0.25, 0.3) is 0 Å². The van der Waals surface area contributed by atoms with Gasteiger partial charge >= 0.3 is 0 Å². The lowest BCUT2D eigenvalue weighted by Crippen LogP contribution is -2.38. The van der Waals surface area contributed by atoms with Gasteiger partial charge in [-0.3, -0.25) is 0 Å². The molecule has 0 aromatic rings. The van der Waals surface area contributed by atoms with E-state index >= 15 is 0 Å². The van der Waals surface area contributed by atoms with Crippen LogP contribution in [0.2, 0.25) is 0 Å². The largest absolute Gasteiger partial charge is 0.391 e. The maximum absolute atomic E-state index is 10.1. The van der Waals surface area contributed by atoms with E-state index in [1.807, 2.05) is 0 Å². The summed E-state index contributed by atoms with van der Waals surface area (Å²) in [7, 11) is 0. The molecule has 0 heterocycles. The minimum atomic E-state index is -1.01. The van der Waals surface area contributed by atoms with Crippen molar-refractivity contribution >= 4 is 0 Å². The van der Waals surface area contributed by atoms with E-state index < -0.39 is 24.6 Å². The summed E-state index contributed by atoms with van der Waals surface area (Å²) in [6.07, 6.45) is 1.65. The summed E-state index contributed by atoms with van der Waals surface area (Å²) in [6, 6.07) is 0. The quantitative estimate of drug-likeness (QED) is 0.429. The third-order valence-corrected chi connectivity index (χ3v) is 3.95. The average Bonchev–Trinajstić information content (AvgIpc) is 2.63. The molecule has 108 valence electrons. The van der Waals surface area contributed by atoms with Crippen molar-refractivity contribution < 1.29 is 25.2 Å². The molecule has 4 N–H and O–H groups in total. The van der Waals surface area contributed by atoms with Crippen molar-refractivity contribution in [3.63, 3.8) is 0 Å². The third kappa shape index (κ3) is 3.66. The van der Waals surface area contributed by atoms with Gasteiger partial charge in [0.1, 0.15) is 6.10 Å². The van der Waals surface area contributed by atoms with Gasteiger partial charge in [-0.1, -0.05) is 0 Å². The normalized spacial score (nSPS) is 36.9. The van der Waals surface area contributed by atoms with E-state index in [4.69, 9.17) is 9.84 Å². The molecule has 0 aromatic carbocycles. The molecule has 0 bridgehead atoms. The number of hydrogen-bond donors (Lipinski definition) is 4. The standard InChI is InChI=1S/C14H22O5/c15-8-9-2-1-3-10(5-4-9)14(18)19-13-11(16)6-7-12(13)17/h1,10-18H,3-8H2/t10-,11-,12+,13?,14?/m1/s1. The molecule has 2 aliphatic carbocycles. The Morgan fingerprint density at radius 1 is 1.26 bits per heavy atom. The molecule has 2 rings (SSSR count). The molecule has 0 saturated heterocycles. The van der Waals surface area contributed by atoms with Gasteiger partial charge in [-0.15, -0.1) is 5.73 Å². The summed E-state index contributed by atoms with van der Waals surface area (Å²) in [5, 5.41) is 38.5. The Hall–Kier alpha value is -0.680. The number of rotatable bonds is 4.